The Morgan fingerprint density at radius 1 is 1.24 bits per heavy atom. The largest absolute Gasteiger partial charge is 0.381 e. The first-order chi connectivity index (χ1) is 13.6. The second-order valence-electron chi connectivity index (χ2n) is 7.40. The zero-order valence-corrected chi connectivity index (χ0v) is 20.9. The van der Waals surface area contributed by atoms with Crippen LogP contribution >= 0.6 is 35.6 Å². The molecule has 0 aromatic heterocycles. The summed E-state index contributed by atoms with van der Waals surface area (Å²) in [7, 11) is 5.95. The van der Waals surface area contributed by atoms with Crippen molar-refractivity contribution in [3.63, 3.8) is 0 Å². The van der Waals surface area contributed by atoms with Crippen LogP contribution in [-0.2, 0) is 9.47 Å². The van der Waals surface area contributed by atoms with Crippen molar-refractivity contribution in [2.45, 2.75) is 25.3 Å². The standard InChI is InChI=1S/C21H35ClN4O2.HI/c1-23-21(24-11-4-12-28-16-17-9-13-27-14-10-17)25-15-20(26(2)3)18-5-7-19(22)8-6-18;/h5-8,17,20H,4,9-16H2,1-3H3,(H2,23,24,25);1H. The number of ether oxygens (including phenoxy) is 2. The minimum atomic E-state index is 0. The SMILES string of the molecule is CN=C(NCCCOCC1CCOCC1)NCC(c1ccc(Cl)cc1)N(C)C.I. The van der Waals surface area contributed by atoms with E-state index in [1.54, 1.807) is 7.05 Å². The smallest absolute Gasteiger partial charge is 0.191 e. The van der Waals surface area contributed by atoms with Gasteiger partial charge < -0.3 is 25.0 Å². The highest BCUT2D eigenvalue weighted by atomic mass is 127. The predicted octanol–water partition coefficient (Wildman–Crippen LogP) is 3.56. The molecule has 1 aliphatic rings. The molecule has 2 rings (SSSR count). The number of halogens is 2. The molecule has 1 aliphatic heterocycles. The number of hydrogen-bond donors (Lipinski definition) is 2. The van der Waals surface area contributed by atoms with Crippen molar-refractivity contribution in [1.29, 1.82) is 0 Å². The number of guanidine groups is 1. The molecule has 0 amide bonds. The Bertz CT molecular complexity index is 581. The van der Waals surface area contributed by atoms with E-state index in [0.29, 0.717) is 5.92 Å². The van der Waals surface area contributed by atoms with Gasteiger partial charge in [-0.25, -0.2) is 0 Å². The van der Waals surface area contributed by atoms with Crippen LogP contribution in [0.2, 0.25) is 5.02 Å². The summed E-state index contributed by atoms with van der Waals surface area (Å²) in [6, 6.07) is 8.24. The van der Waals surface area contributed by atoms with Crippen LogP contribution in [0.5, 0.6) is 0 Å². The van der Waals surface area contributed by atoms with E-state index < -0.39 is 0 Å². The van der Waals surface area contributed by atoms with Gasteiger partial charge in [0, 0.05) is 51.6 Å². The number of hydrogen-bond acceptors (Lipinski definition) is 4. The zero-order chi connectivity index (χ0) is 20.2. The lowest BCUT2D eigenvalue weighted by atomic mass is 10.0. The van der Waals surface area contributed by atoms with E-state index in [1.807, 2.05) is 12.1 Å². The van der Waals surface area contributed by atoms with Crippen LogP contribution < -0.4 is 10.6 Å². The third-order valence-electron chi connectivity index (χ3n) is 5.02. The van der Waals surface area contributed by atoms with Crippen molar-refractivity contribution < 1.29 is 9.47 Å². The number of aliphatic imine (C=N–C) groups is 1. The van der Waals surface area contributed by atoms with E-state index in [-0.39, 0.29) is 30.0 Å². The molecule has 1 aromatic rings. The monoisotopic (exact) mass is 538 g/mol. The fraction of sp³-hybridized carbons (Fsp3) is 0.667. The van der Waals surface area contributed by atoms with Crippen molar-refractivity contribution in [2.24, 2.45) is 10.9 Å². The summed E-state index contributed by atoms with van der Waals surface area (Å²) in [4.78, 5) is 6.51. The van der Waals surface area contributed by atoms with Gasteiger partial charge in [0.15, 0.2) is 5.96 Å². The molecule has 6 nitrogen and oxygen atoms in total. The topological polar surface area (TPSA) is 58.1 Å². The van der Waals surface area contributed by atoms with Gasteiger partial charge >= 0.3 is 0 Å². The highest BCUT2D eigenvalue weighted by Gasteiger charge is 2.15. The van der Waals surface area contributed by atoms with E-state index >= 15 is 0 Å². The molecule has 29 heavy (non-hydrogen) atoms. The van der Waals surface area contributed by atoms with Gasteiger partial charge in [0.2, 0.25) is 0 Å². The minimum Gasteiger partial charge on any atom is -0.381 e. The van der Waals surface area contributed by atoms with Gasteiger partial charge in [-0.2, -0.15) is 0 Å². The lowest BCUT2D eigenvalue weighted by molar-refractivity contribution is 0.0203. The van der Waals surface area contributed by atoms with Gasteiger partial charge in [0.05, 0.1) is 6.04 Å². The number of rotatable bonds is 10. The average Bonchev–Trinajstić information content (AvgIpc) is 2.71. The molecule has 8 heteroatoms. The van der Waals surface area contributed by atoms with E-state index in [9.17, 15) is 0 Å². The first-order valence-electron chi connectivity index (χ1n) is 10.1. The Morgan fingerprint density at radius 3 is 2.55 bits per heavy atom. The summed E-state index contributed by atoms with van der Waals surface area (Å²) in [6.07, 6.45) is 3.20. The minimum absolute atomic E-state index is 0. The average molecular weight is 539 g/mol. The number of nitrogens with one attached hydrogen (secondary N) is 2. The fourth-order valence-electron chi connectivity index (χ4n) is 3.24. The maximum absolute atomic E-state index is 6.01. The molecule has 166 valence electrons. The molecular formula is C21H36ClIN4O2. The van der Waals surface area contributed by atoms with Crippen LogP contribution in [0.3, 0.4) is 0 Å². The van der Waals surface area contributed by atoms with Crippen LogP contribution in [0.1, 0.15) is 30.9 Å². The highest BCUT2D eigenvalue weighted by Crippen LogP contribution is 2.19. The molecular weight excluding hydrogens is 503 g/mol. The number of nitrogens with zero attached hydrogens (tertiary/aromatic N) is 2. The second kappa shape index (κ2) is 15.2. The van der Waals surface area contributed by atoms with Crippen molar-refractivity contribution in [1.82, 2.24) is 15.5 Å². The summed E-state index contributed by atoms with van der Waals surface area (Å²) in [5.41, 5.74) is 1.22. The van der Waals surface area contributed by atoms with Gasteiger partial charge in [0.25, 0.3) is 0 Å². The summed E-state index contributed by atoms with van der Waals surface area (Å²) in [5.74, 6) is 1.47. The zero-order valence-electron chi connectivity index (χ0n) is 17.8. The summed E-state index contributed by atoms with van der Waals surface area (Å²) in [6.45, 7) is 4.97. The van der Waals surface area contributed by atoms with E-state index in [4.69, 9.17) is 21.1 Å². The van der Waals surface area contributed by atoms with Gasteiger partial charge in [-0.15, -0.1) is 24.0 Å². The Hall–Kier alpha value is -0.610. The van der Waals surface area contributed by atoms with E-state index in [0.717, 1.165) is 69.8 Å². The molecule has 1 atom stereocenters. The van der Waals surface area contributed by atoms with Crippen LogP contribution in [0.25, 0.3) is 0 Å². The first-order valence-corrected chi connectivity index (χ1v) is 10.5. The molecule has 1 saturated heterocycles. The Labute approximate surface area is 197 Å². The Morgan fingerprint density at radius 2 is 1.93 bits per heavy atom. The van der Waals surface area contributed by atoms with Crippen molar-refractivity contribution in [2.75, 3.05) is 60.7 Å². The van der Waals surface area contributed by atoms with Crippen LogP contribution in [-0.4, -0.2) is 71.5 Å². The second-order valence-corrected chi connectivity index (χ2v) is 7.83. The molecule has 1 unspecified atom stereocenters. The number of benzene rings is 1. The molecule has 1 heterocycles. The molecule has 0 saturated carbocycles. The predicted molar refractivity (Wildman–Crippen MR) is 132 cm³/mol. The summed E-state index contributed by atoms with van der Waals surface area (Å²) >= 11 is 6.01. The van der Waals surface area contributed by atoms with Gasteiger partial charge in [-0.1, -0.05) is 23.7 Å². The maximum Gasteiger partial charge on any atom is 0.191 e. The molecule has 0 spiro atoms. The first kappa shape index (κ1) is 26.4. The summed E-state index contributed by atoms with van der Waals surface area (Å²) in [5, 5.41) is 7.53. The Kier molecular flexibility index (Phi) is 13.9. The summed E-state index contributed by atoms with van der Waals surface area (Å²) < 4.78 is 11.2. The lowest BCUT2D eigenvalue weighted by Crippen LogP contribution is -2.42. The van der Waals surface area contributed by atoms with Gasteiger partial charge in [-0.3, -0.25) is 4.99 Å². The van der Waals surface area contributed by atoms with Crippen molar-refractivity contribution in [3.05, 3.63) is 34.9 Å². The molecule has 1 fully saturated rings. The quantitative estimate of drug-likeness (QED) is 0.207. The maximum atomic E-state index is 6.01. The van der Waals surface area contributed by atoms with Crippen molar-refractivity contribution >= 4 is 41.5 Å². The van der Waals surface area contributed by atoms with Gasteiger partial charge in [0.1, 0.15) is 0 Å². The normalized spacial score (nSPS) is 16.4. The molecule has 2 N–H and O–H groups in total. The lowest BCUT2D eigenvalue weighted by Gasteiger charge is -2.26. The van der Waals surface area contributed by atoms with Crippen LogP contribution in [0.15, 0.2) is 29.3 Å². The van der Waals surface area contributed by atoms with E-state index in [2.05, 4.69) is 46.8 Å². The Balaban J connectivity index is 0.00000420. The molecule has 1 aromatic carbocycles. The third-order valence-corrected chi connectivity index (χ3v) is 5.27. The van der Waals surface area contributed by atoms with E-state index in [1.165, 1.54) is 5.56 Å². The van der Waals surface area contributed by atoms with Crippen LogP contribution in [0.4, 0.5) is 0 Å². The third kappa shape index (κ3) is 10.3. The number of likely N-dealkylation sites (N-methyl/N-ethyl adjacent to an activating group) is 1. The van der Waals surface area contributed by atoms with Crippen molar-refractivity contribution in [3.8, 4) is 0 Å². The molecule has 0 bridgehead atoms. The highest BCUT2D eigenvalue weighted by molar-refractivity contribution is 14.0. The fourth-order valence-corrected chi connectivity index (χ4v) is 3.37. The van der Waals surface area contributed by atoms with Crippen LogP contribution in [0, 0.1) is 5.92 Å². The molecule has 0 aliphatic carbocycles. The van der Waals surface area contributed by atoms with Gasteiger partial charge in [-0.05, 0) is 57.0 Å². The molecule has 0 radical (unpaired) electrons.